The van der Waals surface area contributed by atoms with Crippen LogP contribution in [0.3, 0.4) is 0 Å². The van der Waals surface area contributed by atoms with E-state index in [4.69, 9.17) is 50.0 Å². The van der Waals surface area contributed by atoms with E-state index in [0.717, 1.165) is 10.8 Å². The Bertz CT molecular complexity index is 1540. The van der Waals surface area contributed by atoms with E-state index >= 15 is 0 Å². The van der Waals surface area contributed by atoms with Crippen LogP contribution in [0.4, 0.5) is 0 Å². The first kappa shape index (κ1) is 23.5. The van der Waals surface area contributed by atoms with Crippen molar-refractivity contribution in [2.45, 2.75) is 0 Å². The third-order valence-corrected chi connectivity index (χ3v) is 4.45. The van der Waals surface area contributed by atoms with Gasteiger partial charge >= 0.3 is 0 Å². The lowest BCUT2D eigenvalue weighted by Gasteiger charge is -2.06. The van der Waals surface area contributed by atoms with E-state index < -0.39 is 0 Å². The van der Waals surface area contributed by atoms with Gasteiger partial charge in [-0.1, -0.05) is 12.1 Å². The summed E-state index contributed by atoms with van der Waals surface area (Å²) in [6.07, 6.45) is 7.87. The normalized spacial score (nSPS) is 9.00. The Hall–Kier alpha value is -6.15. The van der Waals surface area contributed by atoms with Gasteiger partial charge in [-0.05, 0) is 64.7 Å². The summed E-state index contributed by atoms with van der Waals surface area (Å²) in [5.74, 6) is 1.75. The van der Waals surface area contributed by atoms with Gasteiger partial charge in [0.15, 0.2) is 5.75 Å². The molecule has 10 heteroatoms. The van der Waals surface area contributed by atoms with Crippen molar-refractivity contribution >= 4 is 21.5 Å². The zero-order valence-electron chi connectivity index (χ0n) is 17.6. The molecule has 0 heterocycles. The van der Waals surface area contributed by atoms with Gasteiger partial charge in [0.05, 0.1) is 0 Å². The Balaban J connectivity index is 0.000000198. The molecule has 0 radical (unpaired) electrons. The number of rotatable bonds is 5. The Labute approximate surface area is 198 Å². The van der Waals surface area contributed by atoms with E-state index in [2.05, 4.69) is 0 Å². The average Bonchev–Trinajstić information content (AvgIpc) is 2.85. The molecule has 0 aromatic heterocycles. The Morgan fingerprint density at radius 2 is 0.829 bits per heavy atom. The standard InChI is InChI=1S/C13H5N3O3.C12H6N2O2/c14-6-17-10-1-2-12-9(3-10)4-11(18-7-15)5-13(12)19-8-16;13-7-15-11-3-1-9-2-4-12(16-8-14)6-10(9)5-11/h1-5H;1-6H. The molecule has 10 nitrogen and oxygen atoms in total. The fourth-order valence-corrected chi connectivity index (χ4v) is 3.08. The summed E-state index contributed by atoms with van der Waals surface area (Å²) in [7, 11) is 0. The number of benzene rings is 4. The molecule has 166 valence electrons. The lowest BCUT2D eigenvalue weighted by molar-refractivity contribution is 0.488. The van der Waals surface area contributed by atoms with E-state index in [0.29, 0.717) is 28.0 Å². The molecule has 0 aliphatic heterocycles. The molecule has 0 saturated carbocycles. The van der Waals surface area contributed by atoms with Crippen molar-refractivity contribution < 1.29 is 23.7 Å². The molecule has 0 aliphatic rings. The molecule has 0 fully saturated rings. The van der Waals surface area contributed by atoms with E-state index in [1.54, 1.807) is 73.6 Å². The minimum absolute atomic E-state index is 0.231. The summed E-state index contributed by atoms with van der Waals surface area (Å²) in [5.41, 5.74) is 0. The fourth-order valence-electron chi connectivity index (χ4n) is 3.08. The average molecular weight is 461 g/mol. The zero-order chi connectivity index (χ0) is 25.0. The number of nitrogens with zero attached hydrogens (tertiary/aromatic N) is 5. The van der Waals surface area contributed by atoms with Gasteiger partial charge < -0.3 is 23.7 Å². The van der Waals surface area contributed by atoms with Crippen LogP contribution >= 0.6 is 0 Å². The van der Waals surface area contributed by atoms with Crippen LogP contribution in [0.2, 0.25) is 0 Å². The Morgan fingerprint density at radius 3 is 1.34 bits per heavy atom. The topological polar surface area (TPSA) is 165 Å². The highest BCUT2D eigenvalue weighted by atomic mass is 16.5. The predicted molar refractivity (Wildman–Crippen MR) is 119 cm³/mol. The highest BCUT2D eigenvalue weighted by Crippen LogP contribution is 2.33. The van der Waals surface area contributed by atoms with Gasteiger partial charge in [0.25, 0.3) is 31.3 Å². The van der Waals surface area contributed by atoms with E-state index in [1.807, 2.05) is 12.1 Å². The van der Waals surface area contributed by atoms with Gasteiger partial charge in [0, 0.05) is 11.5 Å². The summed E-state index contributed by atoms with van der Waals surface area (Å²) in [4.78, 5) is 0. The minimum atomic E-state index is 0.231. The second kappa shape index (κ2) is 11.5. The number of ether oxygens (including phenoxy) is 5. The molecule has 0 bridgehead atoms. The smallest absolute Gasteiger partial charge is 0.292 e. The van der Waals surface area contributed by atoms with Gasteiger partial charge in [-0.15, -0.1) is 26.3 Å². The van der Waals surface area contributed by atoms with Crippen molar-refractivity contribution in [3.63, 3.8) is 0 Å². The maximum Gasteiger partial charge on any atom is 0.292 e. The molecule has 0 N–H and O–H groups in total. The second-order valence-corrected chi connectivity index (χ2v) is 6.44. The molecule has 0 amide bonds. The number of nitriles is 5. The van der Waals surface area contributed by atoms with Crippen LogP contribution in [0.5, 0.6) is 28.7 Å². The maximum atomic E-state index is 8.59. The molecule has 4 rings (SSSR count). The van der Waals surface area contributed by atoms with Crippen molar-refractivity contribution in [3.8, 4) is 60.0 Å². The summed E-state index contributed by atoms with van der Waals surface area (Å²) in [5, 5.41) is 45.4. The maximum absolute atomic E-state index is 8.59. The molecule has 0 aliphatic carbocycles. The van der Waals surface area contributed by atoms with Gasteiger partial charge in [0.1, 0.15) is 23.0 Å². The fraction of sp³-hybridized carbons (Fsp3) is 0. The number of hydrogen-bond acceptors (Lipinski definition) is 10. The largest absolute Gasteiger partial charge is 0.388 e. The summed E-state index contributed by atoms with van der Waals surface area (Å²) >= 11 is 0. The molecular weight excluding hydrogens is 450 g/mol. The second-order valence-electron chi connectivity index (χ2n) is 6.44. The molecule has 0 spiro atoms. The third kappa shape index (κ3) is 5.97. The molecule has 35 heavy (non-hydrogen) atoms. The van der Waals surface area contributed by atoms with Crippen molar-refractivity contribution in [2.24, 2.45) is 0 Å². The predicted octanol–water partition coefficient (Wildman–Crippen LogP) is 4.98. The number of fused-ring (bicyclic) bond motifs is 2. The number of hydrogen-bond donors (Lipinski definition) is 0. The van der Waals surface area contributed by atoms with Crippen LogP contribution in [0.25, 0.3) is 21.5 Å². The SMILES string of the molecule is N#COc1ccc2c(OC#N)cc(OC#N)cc2c1.N#COc1ccc2ccc(OC#N)cc2c1. The molecule has 4 aromatic rings. The minimum Gasteiger partial charge on any atom is -0.388 e. The molecule has 0 atom stereocenters. The van der Waals surface area contributed by atoms with Crippen molar-refractivity contribution in [1.82, 2.24) is 0 Å². The molecule has 0 unspecified atom stereocenters. The first-order valence-corrected chi connectivity index (χ1v) is 9.53. The molecular formula is C25H11N5O5. The van der Waals surface area contributed by atoms with Gasteiger partial charge in [0.2, 0.25) is 0 Å². The van der Waals surface area contributed by atoms with E-state index in [1.165, 1.54) is 12.3 Å². The Kier molecular flexibility index (Phi) is 7.70. The lowest BCUT2D eigenvalue weighted by atomic mass is 10.1. The lowest BCUT2D eigenvalue weighted by Crippen LogP contribution is -1.89. The van der Waals surface area contributed by atoms with Crippen LogP contribution in [0.15, 0.2) is 66.7 Å². The quantitative estimate of drug-likeness (QED) is 0.370. The van der Waals surface area contributed by atoms with E-state index in [9.17, 15) is 0 Å². The highest BCUT2D eigenvalue weighted by Gasteiger charge is 2.08. The van der Waals surface area contributed by atoms with Crippen LogP contribution in [-0.4, -0.2) is 0 Å². The van der Waals surface area contributed by atoms with Crippen molar-refractivity contribution in [3.05, 3.63) is 66.7 Å². The monoisotopic (exact) mass is 461 g/mol. The van der Waals surface area contributed by atoms with Crippen LogP contribution < -0.4 is 23.7 Å². The molecule has 0 saturated heterocycles. The van der Waals surface area contributed by atoms with E-state index in [-0.39, 0.29) is 11.5 Å². The van der Waals surface area contributed by atoms with Gasteiger partial charge in [-0.25, -0.2) is 0 Å². The highest BCUT2D eigenvalue weighted by molar-refractivity contribution is 5.91. The van der Waals surface area contributed by atoms with Crippen LogP contribution in [-0.2, 0) is 0 Å². The third-order valence-electron chi connectivity index (χ3n) is 4.45. The van der Waals surface area contributed by atoms with Gasteiger partial charge in [-0.2, -0.15) is 0 Å². The summed E-state index contributed by atoms with van der Waals surface area (Å²) in [6.45, 7) is 0. The first-order valence-electron chi connectivity index (χ1n) is 9.53. The summed E-state index contributed by atoms with van der Waals surface area (Å²) in [6, 6.07) is 18.3. The zero-order valence-corrected chi connectivity index (χ0v) is 17.6. The first-order chi connectivity index (χ1) is 17.1. The van der Waals surface area contributed by atoms with Crippen molar-refractivity contribution in [2.75, 3.05) is 0 Å². The van der Waals surface area contributed by atoms with Crippen LogP contribution in [0, 0.1) is 57.6 Å². The summed E-state index contributed by atoms with van der Waals surface area (Å²) < 4.78 is 23.7. The molecule has 4 aromatic carbocycles. The Morgan fingerprint density at radius 1 is 0.400 bits per heavy atom. The van der Waals surface area contributed by atoms with Crippen LogP contribution in [0.1, 0.15) is 0 Å². The van der Waals surface area contributed by atoms with Gasteiger partial charge in [-0.3, -0.25) is 0 Å². The van der Waals surface area contributed by atoms with Crippen molar-refractivity contribution in [1.29, 1.82) is 26.3 Å².